The summed E-state index contributed by atoms with van der Waals surface area (Å²) in [6.07, 6.45) is 11.6. The number of guanidine groups is 1. The van der Waals surface area contributed by atoms with Crippen molar-refractivity contribution in [3.8, 4) is 5.75 Å². The minimum atomic E-state index is 0. The normalized spacial score (nSPS) is 21.2. The van der Waals surface area contributed by atoms with Gasteiger partial charge in [-0.3, -0.25) is 4.99 Å². The van der Waals surface area contributed by atoms with Gasteiger partial charge in [0.05, 0.1) is 6.61 Å². The predicted octanol–water partition coefficient (Wildman–Crippen LogP) is 3.74. The van der Waals surface area contributed by atoms with Crippen molar-refractivity contribution in [2.75, 3.05) is 33.3 Å². The fourth-order valence-electron chi connectivity index (χ4n) is 4.96. The lowest BCUT2D eigenvalue weighted by Gasteiger charge is -2.39. The Bertz CT molecular complexity index is 667. The monoisotopic (exact) mass is 512 g/mol. The topological polar surface area (TPSA) is 48.9 Å². The van der Waals surface area contributed by atoms with Crippen molar-refractivity contribution in [2.24, 2.45) is 4.99 Å². The van der Waals surface area contributed by atoms with E-state index in [1.807, 2.05) is 7.05 Å². The van der Waals surface area contributed by atoms with Gasteiger partial charge >= 0.3 is 0 Å². The van der Waals surface area contributed by atoms with Gasteiger partial charge in [-0.15, -0.1) is 24.0 Å². The lowest BCUT2D eigenvalue weighted by atomic mass is 9.92. The molecule has 1 saturated carbocycles. The summed E-state index contributed by atoms with van der Waals surface area (Å²) in [5.74, 6) is 2.01. The Morgan fingerprint density at radius 3 is 2.69 bits per heavy atom. The molecule has 1 saturated heterocycles. The Morgan fingerprint density at radius 2 is 1.93 bits per heavy atom. The number of ether oxygens (including phenoxy) is 1. The molecule has 6 heteroatoms. The van der Waals surface area contributed by atoms with Crippen LogP contribution in [0.25, 0.3) is 0 Å². The Kier molecular flexibility index (Phi) is 8.90. The van der Waals surface area contributed by atoms with E-state index in [4.69, 9.17) is 4.74 Å². The highest BCUT2D eigenvalue weighted by Crippen LogP contribution is 2.26. The number of hydrogen-bond donors (Lipinski definition) is 2. The number of piperidine rings is 1. The fraction of sp³-hybridized carbons (Fsp3) is 0.696. The maximum absolute atomic E-state index is 5.60. The number of benzene rings is 1. The van der Waals surface area contributed by atoms with Crippen LogP contribution in [0.2, 0.25) is 0 Å². The molecule has 0 spiro atoms. The summed E-state index contributed by atoms with van der Waals surface area (Å²) in [6.45, 7) is 4.19. The number of fused-ring (bicyclic) bond motifs is 1. The number of hydrogen-bond acceptors (Lipinski definition) is 3. The van der Waals surface area contributed by atoms with Gasteiger partial charge in [0.15, 0.2) is 5.96 Å². The first-order valence-electron chi connectivity index (χ1n) is 11.3. The third-order valence-corrected chi connectivity index (χ3v) is 6.65. The van der Waals surface area contributed by atoms with Crippen LogP contribution in [0.3, 0.4) is 0 Å². The highest BCUT2D eigenvalue weighted by Gasteiger charge is 2.26. The molecule has 162 valence electrons. The van der Waals surface area contributed by atoms with Crippen LogP contribution in [0.15, 0.2) is 23.2 Å². The second-order valence-electron chi connectivity index (χ2n) is 8.54. The van der Waals surface area contributed by atoms with Crippen LogP contribution in [-0.4, -0.2) is 56.2 Å². The van der Waals surface area contributed by atoms with E-state index in [1.54, 1.807) is 0 Å². The summed E-state index contributed by atoms with van der Waals surface area (Å²) in [5, 5.41) is 7.15. The standard InChI is InChI=1S/C23H36N4O.HI/c1-24-23(25-13-9-18-7-8-22-19(17-18)12-16-28-22)26-20-10-14-27(15-11-20)21-5-3-2-4-6-21;/h7-8,17,20-21H,2-6,9-16H2,1H3,(H2,24,25,26);1H. The SMILES string of the molecule is CN=C(NCCc1ccc2c(c1)CCO2)NC1CCN(C2CCCCC2)CC1.I. The Hall–Kier alpha value is -1.02. The lowest BCUT2D eigenvalue weighted by molar-refractivity contribution is 0.119. The minimum Gasteiger partial charge on any atom is -0.493 e. The summed E-state index contributed by atoms with van der Waals surface area (Å²) < 4.78 is 5.60. The number of rotatable bonds is 5. The van der Waals surface area contributed by atoms with E-state index in [2.05, 4.69) is 38.7 Å². The molecule has 5 nitrogen and oxygen atoms in total. The van der Waals surface area contributed by atoms with Crippen molar-refractivity contribution >= 4 is 29.9 Å². The second-order valence-corrected chi connectivity index (χ2v) is 8.54. The highest BCUT2D eigenvalue weighted by molar-refractivity contribution is 14.0. The van der Waals surface area contributed by atoms with Gasteiger partial charge in [-0.05, 0) is 49.3 Å². The highest BCUT2D eigenvalue weighted by atomic mass is 127. The number of halogens is 1. The number of likely N-dealkylation sites (tertiary alicyclic amines) is 1. The first-order valence-corrected chi connectivity index (χ1v) is 11.3. The maximum atomic E-state index is 5.60. The molecule has 2 heterocycles. The van der Waals surface area contributed by atoms with E-state index >= 15 is 0 Å². The van der Waals surface area contributed by atoms with E-state index in [9.17, 15) is 0 Å². The van der Waals surface area contributed by atoms with Gasteiger partial charge in [-0.25, -0.2) is 0 Å². The van der Waals surface area contributed by atoms with Crippen LogP contribution in [-0.2, 0) is 12.8 Å². The summed E-state index contributed by atoms with van der Waals surface area (Å²) in [7, 11) is 1.87. The van der Waals surface area contributed by atoms with Gasteiger partial charge in [0, 0.05) is 45.2 Å². The molecule has 0 amide bonds. The van der Waals surface area contributed by atoms with Gasteiger partial charge in [-0.1, -0.05) is 31.4 Å². The molecule has 2 N–H and O–H groups in total. The fourth-order valence-corrected chi connectivity index (χ4v) is 4.96. The summed E-state index contributed by atoms with van der Waals surface area (Å²) >= 11 is 0. The van der Waals surface area contributed by atoms with Crippen LogP contribution in [0.1, 0.15) is 56.1 Å². The van der Waals surface area contributed by atoms with E-state index in [0.29, 0.717) is 6.04 Å². The molecule has 0 unspecified atom stereocenters. The van der Waals surface area contributed by atoms with Crippen LogP contribution in [0.4, 0.5) is 0 Å². The number of aliphatic imine (C=N–C) groups is 1. The molecule has 29 heavy (non-hydrogen) atoms. The first-order chi connectivity index (χ1) is 13.8. The maximum Gasteiger partial charge on any atom is 0.191 e. The zero-order valence-corrected chi connectivity index (χ0v) is 20.1. The van der Waals surface area contributed by atoms with Crippen LogP contribution in [0, 0.1) is 0 Å². The third-order valence-electron chi connectivity index (χ3n) is 6.65. The van der Waals surface area contributed by atoms with Crippen molar-refractivity contribution in [2.45, 2.75) is 69.9 Å². The summed E-state index contributed by atoms with van der Waals surface area (Å²) in [4.78, 5) is 7.18. The van der Waals surface area contributed by atoms with Gasteiger partial charge in [-0.2, -0.15) is 0 Å². The van der Waals surface area contributed by atoms with Crippen molar-refractivity contribution in [3.63, 3.8) is 0 Å². The molecule has 0 radical (unpaired) electrons. The average Bonchev–Trinajstić information content (AvgIpc) is 3.22. The van der Waals surface area contributed by atoms with Crippen LogP contribution < -0.4 is 15.4 Å². The van der Waals surface area contributed by atoms with Crippen LogP contribution >= 0.6 is 24.0 Å². The van der Waals surface area contributed by atoms with Gasteiger partial charge in [0.25, 0.3) is 0 Å². The zero-order chi connectivity index (χ0) is 19.2. The Labute approximate surface area is 193 Å². The second kappa shape index (κ2) is 11.4. The zero-order valence-electron chi connectivity index (χ0n) is 17.8. The smallest absolute Gasteiger partial charge is 0.191 e. The Balaban J connectivity index is 0.00000240. The molecule has 4 rings (SSSR count). The Morgan fingerprint density at radius 1 is 1.14 bits per heavy atom. The summed E-state index contributed by atoms with van der Waals surface area (Å²) in [6, 6.07) is 7.99. The average molecular weight is 512 g/mol. The quantitative estimate of drug-likeness (QED) is 0.359. The largest absolute Gasteiger partial charge is 0.493 e. The molecule has 3 aliphatic rings. The first kappa shape index (κ1) is 22.7. The molecule has 0 aromatic heterocycles. The molecule has 1 aromatic carbocycles. The van der Waals surface area contributed by atoms with Crippen molar-refractivity contribution < 1.29 is 4.74 Å². The molecule has 1 aliphatic carbocycles. The predicted molar refractivity (Wildman–Crippen MR) is 131 cm³/mol. The lowest BCUT2D eigenvalue weighted by Crippen LogP contribution is -2.51. The molecular weight excluding hydrogens is 475 g/mol. The molecule has 0 bridgehead atoms. The van der Waals surface area contributed by atoms with Crippen LogP contribution in [0.5, 0.6) is 5.75 Å². The molecule has 1 aromatic rings. The molecule has 2 fully saturated rings. The molecule has 2 aliphatic heterocycles. The van der Waals surface area contributed by atoms with E-state index < -0.39 is 0 Å². The van der Waals surface area contributed by atoms with E-state index in [0.717, 1.165) is 43.7 Å². The number of nitrogens with one attached hydrogen (secondary N) is 2. The van der Waals surface area contributed by atoms with Gasteiger partial charge in [0.1, 0.15) is 5.75 Å². The summed E-state index contributed by atoms with van der Waals surface area (Å²) in [5.41, 5.74) is 2.72. The third kappa shape index (κ3) is 6.23. The number of nitrogens with zero attached hydrogens (tertiary/aromatic N) is 2. The van der Waals surface area contributed by atoms with Crippen molar-refractivity contribution in [1.29, 1.82) is 0 Å². The van der Waals surface area contributed by atoms with Crippen molar-refractivity contribution in [1.82, 2.24) is 15.5 Å². The minimum absolute atomic E-state index is 0. The van der Waals surface area contributed by atoms with Gasteiger partial charge in [0.2, 0.25) is 0 Å². The van der Waals surface area contributed by atoms with Crippen molar-refractivity contribution in [3.05, 3.63) is 29.3 Å². The van der Waals surface area contributed by atoms with Gasteiger partial charge < -0.3 is 20.3 Å². The van der Waals surface area contributed by atoms with E-state index in [-0.39, 0.29) is 24.0 Å². The molecule has 0 atom stereocenters. The molecular formula is C23H37IN4O. The van der Waals surface area contributed by atoms with E-state index in [1.165, 1.54) is 69.2 Å².